The number of nitrogens with zero attached hydrogens (tertiary/aromatic N) is 1. The number of anilines is 1. The Hall–Kier alpha value is -1.53. The van der Waals surface area contributed by atoms with Gasteiger partial charge in [0.1, 0.15) is 0 Å². The molecule has 0 fully saturated rings. The molecule has 122 valence electrons. The minimum Gasteiger partial charge on any atom is -0.335 e. The molecule has 0 heterocycles. The fourth-order valence-corrected chi connectivity index (χ4v) is 2.54. The molecule has 1 aromatic carbocycles. The van der Waals surface area contributed by atoms with Crippen LogP contribution in [0, 0.1) is 5.92 Å². The normalized spacial score (nSPS) is 13.3. The first-order valence-corrected chi connectivity index (χ1v) is 8.56. The Morgan fingerprint density at radius 1 is 1.36 bits per heavy atom. The van der Waals surface area contributed by atoms with Gasteiger partial charge in [-0.3, -0.25) is 9.59 Å². The Balaban J connectivity index is 2.63. The van der Waals surface area contributed by atoms with Crippen LogP contribution in [-0.2, 0) is 9.59 Å². The van der Waals surface area contributed by atoms with Crippen LogP contribution in [0.5, 0.6) is 0 Å². The highest BCUT2D eigenvalue weighted by Gasteiger charge is 2.24. The highest BCUT2D eigenvalue weighted by Crippen LogP contribution is 2.24. The average molecular weight is 323 g/mol. The zero-order chi connectivity index (χ0) is 16.7. The first-order valence-electron chi connectivity index (χ1n) is 7.34. The second-order valence-corrected chi connectivity index (χ2v) is 6.20. The molecule has 1 aromatic rings. The molecule has 1 rings (SSSR count). The second-order valence-electron chi connectivity index (χ2n) is 5.35. The van der Waals surface area contributed by atoms with Gasteiger partial charge >= 0.3 is 0 Å². The first-order chi connectivity index (χ1) is 10.4. The summed E-state index contributed by atoms with van der Waals surface area (Å²) < 4.78 is 0. The Kier molecular flexibility index (Phi) is 7.41. The lowest BCUT2D eigenvalue weighted by Crippen LogP contribution is -2.47. The van der Waals surface area contributed by atoms with Gasteiger partial charge in [0.25, 0.3) is 0 Å². The van der Waals surface area contributed by atoms with Crippen LogP contribution in [-0.4, -0.2) is 42.6 Å². The van der Waals surface area contributed by atoms with Gasteiger partial charge in [0.15, 0.2) is 0 Å². The number of hydrogen-bond donors (Lipinski definition) is 2. The maximum Gasteiger partial charge on any atom is 0.244 e. The van der Waals surface area contributed by atoms with Gasteiger partial charge in [-0.2, -0.15) is 0 Å². The summed E-state index contributed by atoms with van der Waals surface area (Å²) >= 11 is 1.56. The molecule has 0 aromatic heterocycles. The van der Waals surface area contributed by atoms with Crippen molar-refractivity contribution in [1.82, 2.24) is 4.90 Å². The van der Waals surface area contributed by atoms with Crippen molar-refractivity contribution >= 4 is 29.3 Å². The van der Waals surface area contributed by atoms with Crippen LogP contribution < -0.4 is 11.1 Å². The summed E-state index contributed by atoms with van der Waals surface area (Å²) in [6, 6.07) is 7.00. The van der Waals surface area contributed by atoms with Gasteiger partial charge in [-0.25, -0.2) is 0 Å². The third-order valence-electron chi connectivity index (χ3n) is 3.68. The van der Waals surface area contributed by atoms with E-state index < -0.39 is 6.04 Å². The van der Waals surface area contributed by atoms with Gasteiger partial charge in [0.2, 0.25) is 11.8 Å². The summed E-state index contributed by atoms with van der Waals surface area (Å²) in [6.45, 7) is 3.92. The SMILES string of the molecule is CCC(C)C(N)C(=O)N(C)CC(=O)Nc1ccccc1SC. The lowest BCUT2D eigenvalue weighted by Gasteiger charge is -2.24. The van der Waals surface area contributed by atoms with Gasteiger partial charge in [0, 0.05) is 11.9 Å². The molecular formula is C16H25N3O2S. The van der Waals surface area contributed by atoms with Gasteiger partial charge < -0.3 is 16.0 Å². The predicted molar refractivity (Wildman–Crippen MR) is 91.9 cm³/mol. The molecule has 0 aliphatic carbocycles. The highest BCUT2D eigenvalue weighted by atomic mass is 32.2. The van der Waals surface area contributed by atoms with Crippen molar-refractivity contribution in [1.29, 1.82) is 0 Å². The van der Waals surface area contributed by atoms with E-state index in [9.17, 15) is 9.59 Å². The molecule has 2 atom stereocenters. The topological polar surface area (TPSA) is 75.4 Å². The van der Waals surface area contributed by atoms with Crippen LogP contribution in [0.1, 0.15) is 20.3 Å². The van der Waals surface area contributed by atoms with E-state index in [2.05, 4.69) is 5.32 Å². The molecule has 3 N–H and O–H groups in total. The van der Waals surface area contributed by atoms with Crippen LogP contribution in [0.4, 0.5) is 5.69 Å². The summed E-state index contributed by atoms with van der Waals surface area (Å²) in [6.07, 6.45) is 2.78. The number of benzene rings is 1. The maximum absolute atomic E-state index is 12.2. The van der Waals surface area contributed by atoms with Crippen LogP contribution in [0.2, 0.25) is 0 Å². The molecule has 2 amide bonds. The van der Waals surface area contributed by atoms with E-state index >= 15 is 0 Å². The maximum atomic E-state index is 12.2. The molecule has 0 radical (unpaired) electrons. The van der Waals surface area contributed by atoms with E-state index in [1.165, 1.54) is 4.90 Å². The van der Waals surface area contributed by atoms with Crippen molar-refractivity contribution in [2.75, 3.05) is 25.2 Å². The van der Waals surface area contributed by atoms with Gasteiger partial charge in [-0.1, -0.05) is 32.4 Å². The average Bonchev–Trinajstić information content (AvgIpc) is 2.52. The Morgan fingerprint density at radius 2 is 2.00 bits per heavy atom. The summed E-state index contributed by atoms with van der Waals surface area (Å²) in [5.74, 6) is -0.341. The van der Waals surface area contributed by atoms with E-state index in [-0.39, 0.29) is 24.3 Å². The van der Waals surface area contributed by atoms with Crippen molar-refractivity contribution < 1.29 is 9.59 Å². The van der Waals surface area contributed by atoms with Crippen molar-refractivity contribution in [3.63, 3.8) is 0 Å². The predicted octanol–water partition coefficient (Wildman–Crippen LogP) is 2.18. The van der Waals surface area contributed by atoms with E-state index in [0.717, 1.165) is 17.0 Å². The van der Waals surface area contributed by atoms with E-state index in [0.29, 0.717) is 0 Å². The van der Waals surface area contributed by atoms with Crippen molar-refractivity contribution in [3.05, 3.63) is 24.3 Å². The molecule has 2 unspecified atom stereocenters. The van der Waals surface area contributed by atoms with Crippen molar-refractivity contribution in [2.45, 2.75) is 31.2 Å². The number of thioether (sulfide) groups is 1. The number of likely N-dealkylation sites (N-methyl/N-ethyl adjacent to an activating group) is 1. The third-order valence-corrected chi connectivity index (χ3v) is 4.48. The van der Waals surface area contributed by atoms with Gasteiger partial charge in [0.05, 0.1) is 18.3 Å². The first kappa shape index (κ1) is 18.5. The molecule has 0 bridgehead atoms. The summed E-state index contributed by atoms with van der Waals surface area (Å²) in [7, 11) is 1.60. The Bertz CT molecular complexity index is 522. The molecule has 0 spiro atoms. The van der Waals surface area contributed by atoms with Crippen molar-refractivity contribution in [3.8, 4) is 0 Å². The molecule has 5 nitrogen and oxygen atoms in total. The van der Waals surface area contributed by atoms with E-state index in [4.69, 9.17) is 5.73 Å². The number of para-hydroxylation sites is 1. The standard InChI is InChI=1S/C16H25N3O2S/c1-5-11(2)15(17)16(21)19(3)10-14(20)18-12-8-6-7-9-13(12)22-4/h6-9,11,15H,5,10,17H2,1-4H3,(H,18,20). The van der Waals surface area contributed by atoms with Crippen LogP contribution in [0.3, 0.4) is 0 Å². The molecule has 6 heteroatoms. The Morgan fingerprint density at radius 3 is 2.59 bits per heavy atom. The number of nitrogens with one attached hydrogen (secondary N) is 1. The Labute approximate surface area is 136 Å². The molecule has 22 heavy (non-hydrogen) atoms. The van der Waals surface area contributed by atoms with Gasteiger partial charge in [-0.05, 0) is 24.3 Å². The number of carbonyl (C=O) groups excluding carboxylic acids is 2. The van der Waals surface area contributed by atoms with Crippen molar-refractivity contribution in [2.24, 2.45) is 11.7 Å². The van der Waals surface area contributed by atoms with Crippen LogP contribution >= 0.6 is 11.8 Å². The quantitative estimate of drug-likeness (QED) is 0.754. The van der Waals surface area contributed by atoms with Crippen LogP contribution in [0.25, 0.3) is 0 Å². The van der Waals surface area contributed by atoms with Crippen LogP contribution in [0.15, 0.2) is 29.2 Å². The lowest BCUT2D eigenvalue weighted by molar-refractivity contribution is -0.135. The fourth-order valence-electron chi connectivity index (χ4n) is 1.98. The smallest absolute Gasteiger partial charge is 0.244 e. The minimum absolute atomic E-state index is 0.00825. The lowest BCUT2D eigenvalue weighted by atomic mass is 9.99. The summed E-state index contributed by atoms with van der Waals surface area (Å²) in [4.78, 5) is 26.6. The number of carbonyl (C=O) groups is 2. The molecule has 0 saturated heterocycles. The molecule has 0 saturated carbocycles. The monoisotopic (exact) mass is 323 g/mol. The summed E-state index contributed by atoms with van der Waals surface area (Å²) in [5.41, 5.74) is 6.68. The number of nitrogens with two attached hydrogens (primary N) is 1. The largest absolute Gasteiger partial charge is 0.335 e. The zero-order valence-electron chi connectivity index (χ0n) is 13.6. The third kappa shape index (κ3) is 5.03. The highest BCUT2D eigenvalue weighted by molar-refractivity contribution is 7.98. The zero-order valence-corrected chi connectivity index (χ0v) is 14.4. The molecule has 0 aliphatic heterocycles. The number of amides is 2. The second kappa shape index (κ2) is 8.80. The number of rotatable bonds is 7. The molecular weight excluding hydrogens is 298 g/mol. The number of hydrogen-bond acceptors (Lipinski definition) is 4. The van der Waals surface area contributed by atoms with Gasteiger partial charge in [-0.15, -0.1) is 11.8 Å². The molecule has 0 aliphatic rings. The summed E-state index contributed by atoms with van der Waals surface area (Å²) in [5, 5.41) is 2.83. The minimum atomic E-state index is -0.568. The fraction of sp³-hybridized carbons (Fsp3) is 0.500. The van der Waals surface area contributed by atoms with E-state index in [1.54, 1.807) is 18.8 Å². The van der Waals surface area contributed by atoms with E-state index in [1.807, 2.05) is 44.4 Å².